The molecule has 0 fully saturated rings. The summed E-state index contributed by atoms with van der Waals surface area (Å²) in [6.45, 7) is 1.61. The number of hydrogen-bond donors (Lipinski definition) is 2. The Kier molecular flexibility index (Phi) is 4.74. The van der Waals surface area contributed by atoms with Gasteiger partial charge in [-0.25, -0.2) is 0 Å². The third-order valence-electron chi connectivity index (χ3n) is 2.27. The summed E-state index contributed by atoms with van der Waals surface area (Å²) in [4.78, 5) is 0. The molecule has 0 heterocycles. The third kappa shape index (κ3) is 2.70. The van der Waals surface area contributed by atoms with Crippen molar-refractivity contribution >= 4 is 23.2 Å². The van der Waals surface area contributed by atoms with Crippen molar-refractivity contribution in [2.24, 2.45) is 0 Å². The van der Waals surface area contributed by atoms with Crippen LogP contribution in [0.4, 0.5) is 0 Å². The number of rotatable bonds is 4. The van der Waals surface area contributed by atoms with Gasteiger partial charge in [0.05, 0.1) is 30.4 Å². The lowest BCUT2D eigenvalue weighted by Crippen LogP contribution is -2.07. The van der Waals surface area contributed by atoms with Crippen LogP contribution >= 0.6 is 23.2 Å². The van der Waals surface area contributed by atoms with Gasteiger partial charge in [0.25, 0.3) is 0 Å². The minimum atomic E-state index is -0.621. The molecule has 0 saturated heterocycles. The zero-order valence-corrected chi connectivity index (χ0v) is 11.3. The fourth-order valence-corrected chi connectivity index (χ4v) is 2.25. The smallest absolute Gasteiger partial charge is 0.203 e. The van der Waals surface area contributed by atoms with Crippen LogP contribution in [0.5, 0.6) is 17.2 Å². The number of aliphatic hydroxyl groups excluding tert-OH is 1. The standard InChI is InChI=1S/C11H14Cl2O4/c1-5(14)4-6-7(12)10(16-2)9(15)11(17-3)8(6)13/h5,14-15H,4H2,1-3H3. The Labute approximate surface area is 110 Å². The van der Waals surface area contributed by atoms with E-state index in [2.05, 4.69) is 0 Å². The quantitative estimate of drug-likeness (QED) is 0.890. The largest absolute Gasteiger partial charge is 0.502 e. The van der Waals surface area contributed by atoms with Crippen LogP contribution in [0.25, 0.3) is 0 Å². The average Bonchev–Trinajstić information content (AvgIpc) is 2.25. The molecule has 2 N–H and O–H groups in total. The molecule has 1 aromatic carbocycles. The summed E-state index contributed by atoms with van der Waals surface area (Å²) >= 11 is 12.1. The van der Waals surface area contributed by atoms with E-state index in [1.807, 2.05) is 0 Å². The van der Waals surface area contributed by atoms with Crippen LogP contribution in [0.3, 0.4) is 0 Å². The van der Waals surface area contributed by atoms with Crippen molar-refractivity contribution in [3.8, 4) is 17.2 Å². The van der Waals surface area contributed by atoms with E-state index in [1.54, 1.807) is 6.92 Å². The number of phenolic OH excluding ortho intramolecular Hbond substituents is 1. The molecule has 17 heavy (non-hydrogen) atoms. The van der Waals surface area contributed by atoms with Crippen molar-refractivity contribution in [3.63, 3.8) is 0 Å². The number of methoxy groups -OCH3 is 2. The summed E-state index contributed by atoms with van der Waals surface area (Å²) in [5, 5.41) is 19.6. The Hall–Kier alpha value is -0.840. The summed E-state index contributed by atoms with van der Waals surface area (Å²) in [5.41, 5.74) is 0.481. The first-order chi connectivity index (χ1) is 7.93. The SMILES string of the molecule is COc1c(O)c(OC)c(Cl)c(CC(C)O)c1Cl. The Bertz CT molecular complexity index is 387. The van der Waals surface area contributed by atoms with Crippen molar-refractivity contribution < 1.29 is 19.7 Å². The van der Waals surface area contributed by atoms with Crippen molar-refractivity contribution in [2.75, 3.05) is 14.2 Å². The molecular formula is C11H14Cl2O4. The summed E-state index contributed by atoms with van der Waals surface area (Å²) in [7, 11) is 2.75. The minimum absolute atomic E-state index is 0.0866. The molecule has 0 bridgehead atoms. The average molecular weight is 281 g/mol. The highest BCUT2D eigenvalue weighted by Crippen LogP contribution is 2.49. The lowest BCUT2D eigenvalue weighted by molar-refractivity contribution is 0.195. The summed E-state index contributed by atoms with van der Waals surface area (Å²) in [6, 6.07) is 0. The molecule has 0 saturated carbocycles. The number of aliphatic hydroxyl groups is 1. The number of benzene rings is 1. The number of aromatic hydroxyl groups is 1. The van der Waals surface area contributed by atoms with E-state index in [9.17, 15) is 10.2 Å². The van der Waals surface area contributed by atoms with E-state index in [0.29, 0.717) is 5.56 Å². The first-order valence-electron chi connectivity index (χ1n) is 4.92. The molecule has 0 aliphatic heterocycles. The number of phenols is 1. The Morgan fingerprint density at radius 2 is 1.53 bits per heavy atom. The van der Waals surface area contributed by atoms with Crippen LogP contribution < -0.4 is 9.47 Å². The highest BCUT2D eigenvalue weighted by molar-refractivity contribution is 6.38. The maximum Gasteiger partial charge on any atom is 0.203 e. The monoisotopic (exact) mass is 280 g/mol. The maximum absolute atomic E-state index is 9.83. The Balaban J connectivity index is 3.48. The molecule has 4 nitrogen and oxygen atoms in total. The molecule has 0 aliphatic carbocycles. The summed E-state index contributed by atoms with van der Waals surface area (Å²) in [5.74, 6) is -0.0773. The maximum atomic E-state index is 9.83. The van der Waals surface area contributed by atoms with Crippen LogP contribution in [0.15, 0.2) is 0 Å². The van der Waals surface area contributed by atoms with Crippen molar-refractivity contribution in [1.82, 2.24) is 0 Å². The second-order valence-corrected chi connectivity index (χ2v) is 4.33. The van der Waals surface area contributed by atoms with Crippen molar-refractivity contribution in [3.05, 3.63) is 15.6 Å². The van der Waals surface area contributed by atoms with Crippen molar-refractivity contribution in [2.45, 2.75) is 19.4 Å². The first kappa shape index (κ1) is 14.2. The van der Waals surface area contributed by atoms with Crippen LogP contribution in [-0.4, -0.2) is 30.5 Å². The van der Waals surface area contributed by atoms with Gasteiger partial charge in [-0.05, 0) is 12.5 Å². The Morgan fingerprint density at radius 3 is 1.82 bits per heavy atom. The van der Waals surface area contributed by atoms with Gasteiger partial charge < -0.3 is 19.7 Å². The molecule has 1 atom stereocenters. The van der Waals surface area contributed by atoms with Gasteiger partial charge in [-0.3, -0.25) is 0 Å². The fraction of sp³-hybridized carbons (Fsp3) is 0.455. The van der Waals surface area contributed by atoms with Crippen LogP contribution in [0.2, 0.25) is 10.0 Å². The molecule has 0 aromatic heterocycles. The van der Waals surface area contributed by atoms with Gasteiger partial charge in [-0.15, -0.1) is 0 Å². The third-order valence-corrected chi connectivity index (χ3v) is 3.07. The Morgan fingerprint density at radius 1 is 1.12 bits per heavy atom. The normalized spacial score (nSPS) is 12.4. The molecular weight excluding hydrogens is 267 g/mol. The summed E-state index contributed by atoms with van der Waals surface area (Å²) < 4.78 is 9.99. The molecule has 96 valence electrons. The topological polar surface area (TPSA) is 58.9 Å². The first-order valence-corrected chi connectivity index (χ1v) is 5.68. The van der Waals surface area contributed by atoms with Gasteiger partial charge in [0.2, 0.25) is 5.75 Å². The van der Waals surface area contributed by atoms with E-state index in [-0.39, 0.29) is 33.7 Å². The molecule has 0 amide bonds. The zero-order chi connectivity index (χ0) is 13.2. The van der Waals surface area contributed by atoms with Gasteiger partial charge in [-0.2, -0.15) is 0 Å². The van der Waals surface area contributed by atoms with E-state index in [4.69, 9.17) is 32.7 Å². The van der Waals surface area contributed by atoms with Crippen LogP contribution in [0.1, 0.15) is 12.5 Å². The van der Waals surface area contributed by atoms with Crippen LogP contribution in [0, 0.1) is 0 Å². The molecule has 1 aromatic rings. The second-order valence-electron chi connectivity index (χ2n) is 3.57. The number of ether oxygens (including phenoxy) is 2. The van der Waals surface area contributed by atoms with Gasteiger partial charge in [0.1, 0.15) is 0 Å². The van der Waals surface area contributed by atoms with Gasteiger partial charge >= 0.3 is 0 Å². The predicted molar refractivity (Wildman–Crippen MR) is 66.6 cm³/mol. The highest BCUT2D eigenvalue weighted by Gasteiger charge is 2.24. The second kappa shape index (κ2) is 5.67. The summed E-state index contributed by atoms with van der Waals surface area (Å²) in [6.07, 6.45) is -0.381. The molecule has 0 aliphatic rings. The van der Waals surface area contributed by atoms with Crippen molar-refractivity contribution in [1.29, 1.82) is 0 Å². The van der Waals surface area contributed by atoms with E-state index in [1.165, 1.54) is 14.2 Å². The van der Waals surface area contributed by atoms with Gasteiger partial charge in [0, 0.05) is 6.42 Å². The van der Waals surface area contributed by atoms with Gasteiger partial charge in [-0.1, -0.05) is 23.2 Å². The molecule has 1 unspecified atom stereocenters. The predicted octanol–water partition coefficient (Wildman–Crippen LogP) is 2.64. The molecule has 6 heteroatoms. The lowest BCUT2D eigenvalue weighted by atomic mass is 10.1. The lowest BCUT2D eigenvalue weighted by Gasteiger charge is -2.17. The molecule has 0 spiro atoms. The minimum Gasteiger partial charge on any atom is -0.502 e. The van der Waals surface area contributed by atoms with Crippen LogP contribution in [-0.2, 0) is 6.42 Å². The number of hydrogen-bond acceptors (Lipinski definition) is 4. The zero-order valence-electron chi connectivity index (χ0n) is 9.75. The van der Waals surface area contributed by atoms with E-state index >= 15 is 0 Å². The fourth-order valence-electron chi connectivity index (χ4n) is 1.53. The van der Waals surface area contributed by atoms with E-state index < -0.39 is 6.10 Å². The molecule has 0 radical (unpaired) electrons. The van der Waals surface area contributed by atoms with E-state index in [0.717, 1.165) is 0 Å². The molecule has 1 rings (SSSR count). The van der Waals surface area contributed by atoms with Gasteiger partial charge in [0.15, 0.2) is 11.5 Å². The highest BCUT2D eigenvalue weighted by atomic mass is 35.5. The number of halogens is 2.